The highest BCUT2D eigenvalue weighted by Gasteiger charge is 2.78. The lowest BCUT2D eigenvalue weighted by Gasteiger charge is -2.40. The van der Waals surface area contributed by atoms with Crippen LogP contribution in [0.4, 0.5) is 0 Å². The molecule has 2 amide bonds. The summed E-state index contributed by atoms with van der Waals surface area (Å²) < 4.78 is 4.46. The molecule has 8 heteroatoms. The van der Waals surface area contributed by atoms with E-state index < -0.39 is 33.4 Å². The van der Waals surface area contributed by atoms with Gasteiger partial charge in [0.05, 0.1) is 35.8 Å². The topological polar surface area (TPSA) is 87.1 Å². The molecule has 3 fully saturated rings. The van der Waals surface area contributed by atoms with E-state index in [1.54, 1.807) is 33.7 Å². The van der Waals surface area contributed by atoms with Crippen LogP contribution in [0.15, 0.2) is 55.6 Å². The molecule has 1 N–H and O–H groups in total. The van der Waals surface area contributed by atoms with Gasteiger partial charge in [-0.25, -0.2) is 0 Å². The highest BCUT2D eigenvalue weighted by Crippen LogP contribution is 2.71. The number of hydrogen-bond acceptors (Lipinski definition) is 6. The molecule has 7 nitrogen and oxygen atoms in total. The van der Waals surface area contributed by atoms with Gasteiger partial charge in [-0.1, -0.05) is 42.5 Å². The number of ether oxygens (including phenoxy) is 1. The Balaban J connectivity index is 1.76. The number of rotatable bonds is 13. The van der Waals surface area contributed by atoms with E-state index in [0.717, 1.165) is 18.4 Å². The van der Waals surface area contributed by atoms with Crippen LogP contribution in [-0.2, 0) is 25.5 Å². The number of carbonyl (C=O) groups excluding carboxylic acids is 3. The number of benzene rings is 1. The van der Waals surface area contributed by atoms with E-state index in [9.17, 15) is 19.5 Å². The summed E-state index contributed by atoms with van der Waals surface area (Å²) in [5.41, 5.74) is 0.971. The fraction of sp³-hybridized carbons (Fsp3) is 0.581. The van der Waals surface area contributed by atoms with E-state index in [0.29, 0.717) is 25.8 Å². The van der Waals surface area contributed by atoms with Crippen molar-refractivity contribution in [3.63, 3.8) is 0 Å². The molecule has 3 saturated heterocycles. The van der Waals surface area contributed by atoms with Crippen molar-refractivity contribution >= 4 is 29.5 Å². The molecule has 2 unspecified atom stereocenters. The third-order valence-electron chi connectivity index (χ3n) is 8.65. The van der Waals surface area contributed by atoms with Crippen molar-refractivity contribution in [3.8, 4) is 0 Å². The number of likely N-dealkylation sites (tertiary alicyclic amines) is 1. The van der Waals surface area contributed by atoms with Crippen LogP contribution in [-0.4, -0.2) is 80.1 Å². The Morgan fingerprint density at radius 1 is 1.23 bits per heavy atom. The van der Waals surface area contributed by atoms with Gasteiger partial charge in [-0.15, -0.1) is 24.9 Å². The van der Waals surface area contributed by atoms with Gasteiger partial charge in [0.25, 0.3) is 0 Å². The summed E-state index contributed by atoms with van der Waals surface area (Å²) in [6, 6.07) is 8.20. The van der Waals surface area contributed by atoms with E-state index >= 15 is 0 Å². The summed E-state index contributed by atoms with van der Waals surface area (Å²) in [6.07, 6.45) is 6.70. The number of unbranched alkanes of at least 4 members (excludes halogenated alkanes) is 1. The molecule has 0 aliphatic carbocycles. The number of amides is 2. The Labute approximate surface area is 236 Å². The molecule has 3 aliphatic heterocycles. The van der Waals surface area contributed by atoms with Gasteiger partial charge < -0.3 is 19.6 Å². The third-order valence-corrected chi connectivity index (χ3v) is 10.6. The number of carbonyl (C=O) groups is 3. The second kappa shape index (κ2) is 11.9. The molecule has 3 heterocycles. The minimum absolute atomic E-state index is 0.102. The molecule has 6 atom stereocenters. The highest BCUT2D eigenvalue weighted by atomic mass is 32.2. The Kier molecular flexibility index (Phi) is 8.96. The second-order valence-corrected chi connectivity index (χ2v) is 13.4. The summed E-state index contributed by atoms with van der Waals surface area (Å²) in [5.74, 6) is -2.06. The lowest BCUT2D eigenvalue weighted by molar-refractivity contribution is -0.156. The first-order valence-electron chi connectivity index (χ1n) is 14.0. The fourth-order valence-electron chi connectivity index (χ4n) is 6.87. The van der Waals surface area contributed by atoms with Crippen LogP contribution in [0.2, 0.25) is 0 Å². The number of hydrogen-bond donors (Lipinski definition) is 1. The molecule has 4 rings (SSSR count). The van der Waals surface area contributed by atoms with Gasteiger partial charge >= 0.3 is 5.97 Å². The van der Waals surface area contributed by atoms with E-state index in [1.807, 2.05) is 51.1 Å². The molecule has 2 bridgehead atoms. The van der Waals surface area contributed by atoms with Gasteiger partial charge in [0.2, 0.25) is 11.8 Å². The van der Waals surface area contributed by atoms with Crippen molar-refractivity contribution in [1.29, 1.82) is 0 Å². The molecule has 0 aromatic heterocycles. The van der Waals surface area contributed by atoms with Crippen molar-refractivity contribution in [3.05, 3.63) is 61.2 Å². The molecule has 3 aliphatic rings. The van der Waals surface area contributed by atoms with Crippen molar-refractivity contribution in [2.24, 2.45) is 11.8 Å². The van der Waals surface area contributed by atoms with Crippen LogP contribution in [0.3, 0.4) is 0 Å². The van der Waals surface area contributed by atoms with Crippen molar-refractivity contribution in [2.75, 3.05) is 19.8 Å². The van der Waals surface area contributed by atoms with Crippen molar-refractivity contribution < 1.29 is 24.2 Å². The molecule has 0 radical (unpaired) electrons. The SMILES string of the molecule is C=CCCCOC(=O)[C@H]1[C@H]2C(=O)N([C@@H](CO)Cc3ccccc3)C(C(=O)N(CC=C)C(C)C)C23CC[C@]1(C)S3. The predicted octanol–water partition coefficient (Wildman–Crippen LogP) is 4.00. The smallest absolute Gasteiger partial charge is 0.311 e. The molecule has 1 aromatic rings. The van der Waals surface area contributed by atoms with E-state index in [1.165, 1.54) is 0 Å². The van der Waals surface area contributed by atoms with Crippen LogP contribution in [0.25, 0.3) is 0 Å². The number of allylic oxidation sites excluding steroid dienone is 1. The Hall–Kier alpha value is -2.58. The first-order valence-corrected chi connectivity index (χ1v) is 14.8. The zero-order valence-corrected chi connectivity index (χ0v) is 24.2. The zero-order valence-electron chi connectivity index (χ0n) is 23.4. The maximum atomic E-state index is 14.5. The minimum Gasteiger partial charge on any atom is -0.465 e. The predicted molar refractivity (Wildman–Crippen MR) is 154 cm³/mol. The Morgan fingerprint density at radius 2 is 1.95 bits per heavy atom. The second-order valence-electron chi connectivity index (χ2n) is 11.5. The van der Waals surface area contributed by atoms with Gasteiger partial charge in [0.1, 0.15) is 6.04 Å². The highest BCUT2D eigenvalue weighted by molar-refractivity contribution is 8.02. The number of thioether (sulfide) groups is 1. The molecular formula is C31H42N2O5S. The molecule has 1 aromatic carbocycles. The summed E-state index contributed by atoms with van der Waals surface area (Å²) in [4.78, 5) is 45.8. The minimum atomic E-state index is -0.788. The van der Waals surface area contributed by atoms with Gasteiger partial charge in [0.15, 0.2) is 0 Å². The van der Waals surface area contributed by atoms with Gasteiger partial charge in [0, 0.05) is 17.3 Å². The summed E-state index contributed by atoms with van der Waals surface area (Å²) in [6.45, 7) is 13.9. The summed E-state index contributed by atoms with van der Waals surface area (Å²) in [7, 11) is 0. The third kappa shape index (κ3) is 5.18. The molecular weight excluding hydrogens is 512 g/mol. The first-order chi connectivity index (χ1) is 18.6. The van der Waals surface area contributed by atoms with E-state index in [4.69, 9.17) is 4.74 Å². The van der Waals surface area contributed by atoms with Crippen LogP contribution in [0.5, 0.6) is 0 Å². The Morgan fingerprint density at radius 3 is 2.56 bits per heavy atom. The zero-order chi connectivity index (χ0) is 28.4. The van der Waals surface area contributed by atoms with Gasteiger partial charge in [-0.2, -0.15) is 0 Å². The normalized spacial score (nSPS) is 29.8. The fourth-order valence-corrected chi connectivity index (χ4v) is 9.20. The maximum absolute atomic E-state index is 14.5. The van der Waals surface area contributed by atoms with Gasteiger partial charge in [-0.3, -0.25) is 14.4 Å². The molecule has 1 spiro atoms. The number of nitrogens with zero attached hydrogens (tertiary/aromatic N) is 2. The lowest BCUT2D eigenvalue weighted by atomic mass is 9.66. The van der Waals surface area contributed by atoms with Crippen LogP contribution < -0.4 is 0 Å². The number of aliphatic hydroxyl groups excluding tert-OH is 1. The van der Waals surface area contributed by atoms with E-state index in [-0.39, 0.29) is 37.0 Å². The van der Waals surface area contributed by atoms with Crippen LogP contribution >= 0.6 is 11.8 Å². The van der Waals surface area contributed by atoms with Crippen molar-refractivity contribution in [2.45, 2.75) is 80.5 Å². The monoisotopic (exact) mass is 554 g/mol. The lowest BCUT2D eigenvalue weighted by Crippen LogP contribution is -2.58. The van der Waals surface area contributed by atoms with Crippen molar-refractivity contribution in [1.82, 2.24) is 9.80 Å². The summed E-state index contributed by atoms with van der Waals surface area (Å²) in [5, 5.41) is 10.6. The first kappa shape index (κ1) is 29.4. The average molecular weight is 555 g/mol. The molecule has 0 saturated carbocycles. The quantitative estimate of drug-likeness (QED) is 0.225. The molecule has 212 valence electrons. The molecule has 39 heavy (non-hydrogen) atoms. The summed E-state index contributed by atoms with van der Waals surface area (Å²) >= 11 is 1.62. The number of esters is 1. The Bertz CT molecular complexity index is 1090. The number of aliphatic hydroxyl groups is 1. The van der Waals surface area contributed by atoms with Gasteiger partial charge in [-0.05, 0) is 58.4 Å². The average Bonchev–Trinajstić information content (AvgIpc) is 3.49. The maximum Gasteiger partial charge on any atom is 0.311 e. The van der Waals surface area contributed by atoms with E-state index in [2.05, 4.69) is 13.2 Å². The largest absolute Gasteiger partial charge is 0.465 e. The standard InChI is InChI=1S/C31H42N2O5S/c1-6-8-12-18-38-29(37)25-24-27(35)33(23(20-34)19-22-13-10-9-11-14-22)26(28(36)32(17-7-2)21(3)4)31(24)16-15-30(25,5)39-31/h6-7,9-11,13-14,21,23-26,34H,1-2,8,12,15-20H2,3-5H3/t23-,24+,25-,26?,30+,31?/m1/s1. The van der Waals surface area contributed by atoms with Crippen LogP contribution in [0, 0.1) is 11.8 Å². The van der Waals surface area contributed by atoms with Crippen LogP contribution in [0.1, 0.15) is 52.0 Å². The number of fused-ring (bicyclic) bond motifs is 1.